The summed E-state index contributed by atoms with van der Waals surface area (Å²) in [5.41, 5.74) is 4.00. The molecule has 2 aromatic carbocycles. The lowest BCUT2D eigenvalue weighted by Gasteiger charge is -2.31. The standard InChI is InChI=1S/C26H33N3O4S/c1-18-6-4-7-21(14-18)11-12-27-26(31)22-8-5-13-28(17-22)34(32,33)24-9-10-25-23(16-24)15-19(2)29(25)20(3)30/h4,6-7,9-10,14,16,19,22H,5,8,11-13,15,17H2,1-3H3,(H,27,31)/t19-,22+/m1/s1. The van der Waals surface area contributed by atoms with Gasteiger partial charge >= 0.3 is 0 Å². The average molecular weight is 484 g/mol. The lowest BCUT2D eigenvalue weighted by molar-refractivity contribution is -0.126. The maximum absolute atomic E-state index is 13.4. The summed E-state index contributed by atoms with van der Waals surface area (Å²) in [6.45, 7) is 6.65. The zero-order valence-corrected chi connectivity index (χ0v) is 20.9. The van der Waals surface area contributed by atoms with Gasteiger partial charge in [-0.3, -0.25) is 9.59 Å². The van der Waals surface area contributed by atoms with E-state index < -0.39 is 10.0 Å². The number of hydrogen-bond acceptors (Lipinski definition) is 4. The highest BCUT2D eigenvalue weighted by atomic mass is 32.2. The molecule has 0 aliphatic carbocycles. The van der Waals surface area contributed by atoms with Crippen LogP contribution in [0.1, 0.15) is 43.4 Å². The van der Waals surface area contributed by atoms with Crippen LogP contribution in [0, 0.1) is 12.8 Å². The molecule has 0 aromatic heterocycles. The number of fused-ring (bicyclic) bond motifs is 1. The molecule has 8 heteroatoms. The Morgan fingerprint density at radius 2 is 1.94 bits per heavy atom. The van der Waals surface area contributed by atoms with Crippen molar-refractivity contribution in [1.29, 1.82) is 0 Å². The smallest absolute Gasteiger partial charge is 0.243 e. The van der Waals surface area contributed by atoms with E-state index >= 15 is 0 Å². The van der Waals surface area contributed by atoms with Crippen LogP contribution in [0.25, 0.3) is 0 Å². The number of carbonyl (C=O) groups excluding carboxylic acids is 2. The van der Waals surface area contributed by atoms with Gasteiger partial charge in [-0.1, -0.05) is 29.8 Å². The van der Waals surface area contributed by atoms with Gasteiger partial charge in [0.25, 0.3) is 0 Å². The number of anilines is 1. The minimum atomic E-state index is -3.72. The lowest BCUT2D eigenvalue weighted by atomic mass is 9.98. The van der Waals surface area contributed by atoms with Crippen LogP contribution in [-0.2, 0) is 32.5 Å². The molecule has 0 bridgehead atoms. The third kappa shape index (κ3) is 5.03. The van der Waals surface area contributed by atoms with E-state index in [1.54, 1.807) is 23.1 Å². The van der Waals surface area contributed by atoms with Crippen molar-refractivity contribution in [3.8, 4) is 0 Å². The van der Waals surface area contributed by atoms with E-state index in [1.807, 2.05) is 32.0 Å². The number of nitrogens with one attached hydrogen (secondary N) is 1. The summed E-state index contributed by atoms with van der Waals surface area (Å²) in [6, 6.07) is 13.2. The molecule has 2 aliphatic rings. The molecule has 2 heterocycles. The zero-order chi connectivity index (χ0) is 24.5. The van der Waals surface area contributed by atoms with Crippen molar-refractivity contribution >= 4 is 27.5 Å². The molecule has 7 nitrogen and oxygen atoms in total. The van der Waals surface area contributed by atoms with E-state index in [9.17, 15) is 18.0 Å². The van der Waals surface area contributed by atoms with Crippen LogP contribution in [-0.4, -0.2) is 50.2 Å². The second-order valence-corrected chi connectivity index (χ2v) is 11.4. The molecule has 2 amide bonds. The minimum Gasteiger partial charge on any atom is -0.355 e. The SMILES string of the molecule is CC(=O)N1c2ccc(S(=O)(=O)N3CCC[C@H](C(=O)NCCc4cccc(C)c4)C3)cc2C[C@H]1C. The monoisotopic (exact) mass is 483 g/mol. The number of aryl methyl sites for hydroxylation is 1. The molecule has 4 rings (SSSR count). The molecule has 1 saturated heterocycles. The van der Waals surface area contributed by atoms with Gasteiger partial charge in [-0.15, -0.1) is 0 Å². The summed E-state index contributed by atoms with van der Waals surface area (Å²) >= 11 is 0. The Morgan fingerprint density at radius 1 is 1.15 bits per heavy atom. The molecule has 0 saturated carbocycles. The van der Waals surface area contributed by atoms with Crippen molar-refractivity contribution < 1.29 is 18.0 Å². The Bertz CT molecular complexity index is 1190. The first kappa shape index (κ1) is 24.4. The first-order valence-corrected chi connectivity index (χ1v) is 13.4. The predicted molar refractivity (Wildman–Crippen MR) is 132 cm³/mol. The van der Waals surface area contributed by atoms with Gasteiger partial charge in [-0.05, 0) is 68.9 Å². The first-order chi connectivity index (χ1) is 16.2. The highest BCUT2D eigenvalue weighted by Crippen LogP contribution is 2.35. The second kappa shape index (κ2) is 9.88. The van der Waals surface area contributed by atoms with E-state index in [2.05, 4.69) is 11.4 Å². The van der Waals surface area contributed by atoms with Crippen LogP contribution in [0.15, 0.2) is 47.4 Å². The molecule has 2 aliphatic heterocycles. The van der Waals surface area contributed by atoms with Gasteiger partial charge in [0.15, 0.2) is 0 Å². The quantitative estimate of drug-likeness (QED) is 0.684. The van der Waals surface area contributed by atoms with Crippen LogP contribution in [0.4, 0.5) is 5.69 Å². The van der Waals surface area contributed by atoms with Crippen LogP contribution in [0.3, 0.4) is 0 Å². The molecule has 182 valence electrons. The van der Waals surface area contributed by atoms with E-state index in [4.69, 9.17) is 0 Å². The van der Waals surface area contributed by atoms with Gasteiger partial charge in [0, 0.05) is 38.3 Å². The number of carbonyl (C=O) groups is 2. The van der Waals surface area contributed by atoms with Crippen molar-refractivity contribution in [1.82, 2.24) is 9.62 Å². The fourth-order valence-electron chi connectivity index (χ4n) is 5.11. The number of benzene rings is 2. The molecule has 1 fully saturated rings. The molecule has 0 radical (unpaired) electrons. The normalized spacial score (nSPS) is 20.7. The molecule has 2 atom stereocenters. The van der Waals surface area contributed by atoms with E-state index in [-0.39, 0.29) is 35.2 Å². The summed E-state index contributed by atoms with van der Waals surface area (Å²) in [6.07, 6.45) is 2.70. The fourth-order valence-corrected chi connectivity index (χ4v) is 6.69. The Labute approximate surface area is 202 Å². The summed E-state index contributed by atoms with van der Waals surface area (Å²) in [7, 11) is -3.72. The molecular formula is C26H33N3O4S. The van der Waals surface area contributed by atoms with Crippen molar-refractivity contribution in [2.75, 3.05) is 24.5 Å². The van der Waals surface area contributed by atoms with Crippen molar-refractivity contribution in [3.63, 3.8) is 0 Å². The summed E-state index contributed by atoms with van der Waals surface area (Å²) in [4.78, 5) is 26.7. The van der Waals surface area contributed by atoms with E-state index in [0.717, 1.165) is 17.7 Å². The second-order valence-electron chi connectivity index (χ2n) is 9.46. The van der Waals surface area contributed by atoms with Gasteiger partial charge in [0.1, 0.15) is 0 Å². The molecule has 0 unspecified atom stereocenters. The van der Waals surface area contributed by atoms with Gasteiger partial charge < -0.3 is 10.2 Å². The largest absolute Gasteiger partial charge is 0.355 e. The Hall–Kier alpha value is -2.71. The zero-order valence-electron chi connectivity index (χ0n) is 20.1. The highest BCUT2D eigenvalue weighted by Gasteiger charge is 2.35. The third-order valence-electron chi connectivity index (χ3n) is 6.79. The third-order valence-corrected chi connectivity index (χ3v) is 8.66. The fraction of sp³-hybridized carbons (Fsp3) is 0.462. The number of piperidine rings is 1. The Kier molecular flexibility index (Phi) is 7.09. The Morgan fingerprint density at radius 3 is 2.68 bits per heavy atom. The summed E-state index contributed by atoms with van der Waals surface area (Å²) in [5.74, 6) is -0.495. The Balaban J connectivity index is 1.41. The lowest BCUT2D eigenvalue weighted by Crippen LogP contribution is -2.45. The molecule has 0 spiro atoms. The highest BCUT2D eigenvalue weighted by molar-refractivity contribution is 7.89. The van der Waals surface area contributed by atoms with Crippen LogP contribution in [0.2, 0.25) is 0 Å². The van der Waals surface area contributed by atoms with Crippen molar-refractivity contribution in [3.05, 3.63) is 59.2 Å². The van der Waals surface area contributed by atoms with Crippen LogP contribution >= 0.6 is 0 Å². The predicted octanol–water partition coefficient (Wildman–Crippen LogP) is 3.05. The topological polar surface area (TPSA) is 86.8 Å². The summed E-state index contributed by atoms with van der Waals surface area (Å²) in [5, 5.41) is 2.99. The number of rotatable bonds is 6. The maximum Gasteiger partial charge on any atom is 0.243 e. The molecule has 34 heavy (non-hydrogen) atoms. The number of sulfonamides is 1. The first-order valence-electron chi connectivity index (χ1n) is 11.9. The van der Waals surface area contributed by atoms with Gasteiger partial charge in [0.05, 0.1) is 10.8 Å². The molecule has 1 N–H and O–H groups in total. The number of nitrogens with zero attached hydrogens (tertiary/aromatic N) is 2. The molecular weight excluding hydrogens is 450 g/mol. The molecule has 2 aromatic rings. The van der Waals surface area contributed by atoms with Crippen LogP contribution in [0.5, 0.6) is 0 Å². The van der Waals surface area contributed by atoms with E-state index in [1.165, 1.54) is 22.4 Å². The number of hydrogen-bond donors (Lipinski definition) is 1. The number of amides is 2. The average Bonchev–Trinajstić information content (AvgIpc) is 3.14. The van der Waals surface area contributed by atoms with E-state index in [0.29, 0.717) is 32.4 Å². The van der Waals surface area contributed by atoms with Gasteiger partial charge in [0.2, 0.25) is 21.8 Å². The maximum atomic E-state index is 13.4. The summed E-state index contributed by atoms with van der Waals surface area (Å²) < 4.78 is 28.2. The van der Waals surface area contributed by atoms with Crippen molar-refractivity contribution in [2.45, 2.75) is 57.4 Å². The van der Waals surface area contributed by atoms with Crippen LogP contribution < -0.4 is 10.2 Å². The van der Waals surface area contributed by atoms with Crippen molar-refractivity contribution in [2.24, 2.45) is 5.92 Å². The van der Waals surface area contributed by atoms with Gasteiger partial charge in [-0.25, -0.2) is 8.42 Å². The van der Waals surface area contributed by atoms with Gasteiger partial charge in [-0.2, -0.15) is 4.31 Å². The minimum absolute atomic E-state index is 0.00770.